The van der Waals surface area contributed by atoms with E-state index >= 15 is 0 Å². The molecule has 0 radical (unpaired) electrons. The fourth-order valence-corrected chi connectivity index (χ4v) is 2.58. The van der Waals surface area contributed by atoms with Gasteiger partial charge in [0.2, 0.25) is 0 Å². The number of H-pyrrole nitrogens is 1. The van der Waals surface area contributed by atoms with Crippen molar-refractivity contribution in [2.45, 2.75) is 32.8 Å². The number of fused-ring (bicyclic) bond motifs is 1. The van der Waals surface area contributed by atoms with Gasteiger partial charge in [0.05, 0.1) is 5.52 Å². The summed E-state index contributed by atoms with van der Waals surface area (Å²) in [5.74, 6) is -0.467. The maximum Gasteiger partial charge on any atom is 0.417 e. The van der Waals surface area contributed by atoms with Gasteiger partial charge in [-0.15, -0.1) is 0 Å². The molecule has 6 nitrogen and oxygen atoms in total. The highest BCUT2D eigenvalue weighted by atomic mass is 16.6. The lowest BCUT2D eigenvalue weighted by atomic mass is 10.0. The van der Waals surface area contributed by atoms with E-state index in [9.17, 15) is 9.59 Å². The average molecular weight is 316 g/mol. The van der Waals surface area contributed by atoms with Crippen molar-refractivity contribution >= 4 is 22.8 Å². The lowest BCUT2D eigenvalue weighted by Crippen LogP contribution is -2.39. The highest BCUT2D eigenvalue weighted by Gasteiger charge is 2.24. The predicted octanol–water partition coefficient (Wildman–Crippen LogP) is 3.15. The molecule has 2 heterocycles. The van der Waals surface area contributed by atoms with Crippen molar-refractivity contribution in [3.63, 3.8) is 0 Å². The first-order chi connectivity index (χ1) is 10.8. The number of aromatic amines is 1. The molecule has 0 unspecified atom stereocenters. The lowest BCUT2D eigenvalue weighted by Gasteiger charge is -2.30. The van der Waals surface area contributed by atoms with E-state index in [0.29, 0.717) is 24.2 Å². The number of amides is 1. The third kappa shape index (κ3) is 3.47. The van der Waals surface area contributed by atoms with Gasteiger partial charge >= 0.3 is 11.8 Å². The van der Waals surface area contributed by atoms with Crippen LogP contribution in [-0.4, -0.2) is 34.7 Å². The summed E-state index contributed by atoms with van der Waals surface area (Å²) in [5, 5.41) is 0. The van der Waals surface area contributed by atoms with Crippen molar-refractivity contribution in [2.24, 2.45) is 0 Å². The van der Waals surface area contributed by atoms with Crippen molar-refractivity contribution in [1.82, 2.24) is 9.88 Å². The number of hydrogen-bond acceptors (Lipinski definition) is 4. The highest BCUT2D eigenvalue weighted by Crippen LogP contribution is 2.24. The van der Waals surface area contributed by atoms with Gasteiger partial charge in [-0.1, -0.05) is 12.1 Å². The lowest BCUT2D eigenvalue weighted by molar-refractivity contribution is 0.0273. The largest absolute Gasteiger partial charge is 0.444 e. The standard InChI is InChI=1S/C17H20N2O4/c1-17(2,3)23-16(21)19-8-4-5-12(10-19)11-6-7-13-14(9-11)22-15(20)18-13/h5-7,9H,4,8,10H2,1-3H3,(H,18,20). The molecule has 1 aromatic heterocycles. The second-order valence-electron chi connectivity index (χ2n) is 6.65. The molecule has 1 amide bonds. The Labute approximate surface area is 133 Å². The van der Waals surface area contributed by atoms with Crippen LogP contribution in [0.15, 0.2) is 33.5 Å². The Morgan fingerprint density at radius 3 is 2.87 bits per heavy atom. The molecule has 3 rings (SSSR count). The summed E-state index contributed by atoms with van der Waals surface area (Å²) in [4.78, 5) is 27.8. The van der Waals surface area contributed by atoms with Gasteiger partial charge in [-0.2, -0.15) is 0 Å². The van der Waals surface area contributed by atoms with Gasteiger partial charge in [0.15, 0.2) is 5.58 Å². The van der Waals surface area contributed by atoms with Crippen LogP contribution in [0.4, 0.5) is 4.79 Å². The third-order valence-electron chi connectivity index (χ3n) is 3.59. The highest BCUT2D eigenvalue weighted by molar-refractivity contribution is 5.81. The third-order valence-corrected chi connectivity index (χ3v) is 3.59. The fraction of sp³-hybridized carbons (Fsp3) is 0.412. The number of ether oxygens (including phenoxy) is 1. The van der Waals surface area contributed by atoms with Gasteiger partial charge in [-0.3, -0.25) is 4.98 Å². The zero-order valence-corrected chi connectivity index (χ0v) is 13.5. The Hall–Kier alpha value is -2.50. The molecule has 1 aliphatic heterocycles. The molecule has 0 saturated heterocycles. The first-order valence-electron chi connectivity index (χ1n) is 7.62. The maximum atomic E-state index is 12.2. The summed E-state index contributed by atoms with van der Waals surface area (Å²) in [7, 11) is 0. The molecule has 2 aromatic rings. The molecular weight excluding hydrogens is 296 g/mol. The van der Waals surface area contributed by atoms with Crippen LogP contribution in [0.25, 0.3) is 16.7 Å². The zero-order chi connectivity index (χ0) is 16.6. The zero-order valence-electron chi connectivity index (χ0n) is 13.5. The summed E-state index contributed by atoms with van der Waals surface area (Å²) in [6.07, 6.45) is 2.56. The van der Waals surface area contributed by atoms with Crippen LogP contribution in [0, 0.1) is 0 Å². The van der Waals surface area contributed by atoms with Gasteiger partial charge in [-0.05, 0) is 50.5 Å². The smallest absolute Gasteiger partial charge is 0.417 e. The Morgan fingerprint density at radius 2 is 2.13 bits per heavy atom. The predicted molar refractivity (Wildman–Crippen MR) is 87.2 cm³/mol. The number of rotatable bonds is 1. The number of carbonyl (C=O) groups excluding carboxylic acids is 1. The van der Waals surface area contributed by atoms with Crippen LogP contribution in [0.2, 0.25) is 0 Å². The maximum absolute atomic E-state index is 12.2. The number of carbonyl (C=O) groups is 1. The summed E-state index contributed by atoms with van der Waals surface area (Å²) in [5.41, 5.74) is 2.63. The van der Waals surface area contributed by atoms with Crippen LogP contribution in [-0.2, 0) is 4.74 Å². The number of nitrogens with one attached hydrogen (secondary N) is 1. The molecule has 0 fully saturated rings. The van der Waals surface area contributed by atoms with Gasteiger partial charge < -0.3 is 14.1 Å². The Balaban J connectivity index is 1.80. The van der Waals surface area contributed by atoms with Crippen LogP contribution >= 0.6 is 0 Å². The monoisotopic (exact) mass is 316 g/mol. The average Bonchev–Trinajstić information content (AvgIpc) is 2.84. The normalized spacial score (nSPS) is 15.6. The van der Waals surface area contributed by atoms with Crippen LogP contribution in [0.5, 0.6) is 0 Å². The fourth-order valence-electron chi connectivity index (χ4n) is 2.58. The van der Waals surface area contributed by atoms with E-state index in [4.69, 9.17) is 9.15 Å². The Morgan fingerprint density at radius 1 is 1.35 bits per heavy atom. The first-order valence-corrected chi connectivity index (χ1v) is 7.62. The van der Waals surface area contributed by atoms with E-state index in [1.807, 2.05) is 39.0 Å². The van der Waals surface area contributed by atoms with Gasteiger partial charge in [0.1, 0.15) is 5.60 Å². The van der Waals surface area contributed by atoms with Crippen molar-refractivity contribution in [1.29, 1.82) is 0 Å². The molecule has 1 N–H and O–H groups in total. The molecular formula is C17H20N2O4. The van der Waals surface area contributed by atoms with Gasteiger partial charge in [-0.25, -0.2) is 9.59 Å². The van der Waals surface area contributed by atoms with Crippen LogP contribution in [0.1, 0.15) is 32.8 Å². The molecule has 122 valence electrons. The molecule has 1 aromatic carbocycles. The minimum absolute atomic E-state index is 0.308. The van der Waals surface area contributed by atoms with E-state index in [-0.39, 0.29) is 6.09 Å². The van der Waals surface area contributed by atoms with E-state index < -0.39 is 11.4 Å². The number of oxazole rings is 1. The minimum Gasteiger partial charge on any atom is -0.444 e. The second-order valence-corrected chi connectivity index (χ2v) is 6.65. The van der Waals surface area contributed by atoms with Crippen molar-refractivity contribution < 1.29 is 13.9 Å². The summed E-state index contributed by atoms with van der Waals surface area (Å²) in [6, 6.07) is 5.54. The van der Waals surface area contributed by atoms with Gasteiger partial charge in [0, 0.05) is 13.1 Å². The van der Waals surface area contributed by atoms with Crippen LogP contribution < -0.4 is 5.76 Å². The molecule has 0 saturated carbocycles. The Bertz CT molecular complexity index is 823. The molecule has 6 heteroatoms. The SMILES string of the molecule is CC(C)(C)OC(=O)N1CCC=C(c2ccc3[nH]c(=O)oc3c2)C1. The number of hydrogen-bond donors (Lipinski definition) is 1. The first kappa shape index (κ1) is 15.4. The number of nitrogens with zero attached hydrogens (tertiary/aromatic N) is 1. The molecule has 0 bridgehead atoms. The van der Waals surface area contributed by atoms with Crippen LogP contribution in [0.3, 0.4) is 0 Å². The van der Waals surface area contributed by atoms with Crippen molar-refractivity contribution in [2.75, 3.05) is 13.1 Å². The van der Waals surface area contributed by atoms with E-state index in [1.165, 1.54) is 0 Å². The molecule has 23 heavy (non-hydrogen) atoms. The molecule has 0 spiro atoms. The summed E-state index contributed by atoms with van der Waals surface area (Å²) < 4.78 is 10.5. The number of benzene rings is 1. The van der Waals surface area contributed by atoms with Crippen molar-refractivity contribution in [3.8, 4) is 0 Å². The Kier molecular flexibility index (Phi) is 3.75. The van der Waals surface area contributed by atoms with Gasteiger partial charge in [0.25, 0.3) is 0 Å². The van der Waals surface area contributed by atoms with Crippen molar-refractivity contribution in [3.05, 3.63) is 40.4 Å². The quantitative estimate of drug-likeness (QED) is 0.877. The molecule has 0 aliphatic carbocycles. The minimum atomic E-state index is -0.508. The molecule has 1 aliphatic rings. The van der Waals surface area contributed by atoms with E-state index in [2.05, 4.69) is 11.1 Å². The summed E-state index contributed by atoms with van der Waals surface area (Å²) in [6.45, 7) is 6.68. The molecule has 0 atom stereocenters. The van der Waals surface area contributed by atoms with E-state index in [1.54, 1.807) is 4.90 Å². The summed E-state index contributed by atoms with van der Waals surface area (Å²) >= 11 is 0. The second kappa shape index (κ2) is 5.61. The van der Waals surface area contributed by atoms with E-state index in [0.717, 1.165) is 17.6 Å². The number of aromatic nitrogens is 1. The topological polar surface area (TPSA) is 75.5 Å².